The molecule has 0 aliphatic heterocycles. The standard InChI is InChI=1S/C13H7ClFN3O/c14-8-5-6-12(17-18-16)10(7-8)13(19)9-3-1-2-4-11(9)15/h1-7H. The maximum absolute atomic E-state index is 13.6. The zero-order valence-electron chi connectivity index (χ0n) is 9.55. The number of benzene rings is 2. The summed E-state index contributed by atoms with van der Waals surface area (Å²) < 4.78 is 13.6. The Kier molecular flexibility index (Phi) is 3.80. The highest BCUT2D eigenvalue weighted by atomic mass is 35.5. The van der Waals surface area contributed by atoms with E-state index in [9.17, 15) is 9.18 Å². The molecule has 19 heavy (non-hydrogen) atoms. The summed E-state index contributed by atoms with van der Waals surface area (Å²) >= 11 is 5.81. The molecule has 4 nitrogen and oxygen atoms in total. The highest BCUT2D eigenvalue weighted by Gasteiger charge is 2.16. The zero-order valence-corrected chi connectivity index (χ0v) is 10.3. The smallest absolute Gasteiger partial charge is 0.196 e. The van der Waals surface area contributed by atoms with Crippen molar-refractivity contribution in [3.63, 3.8) is 0 Å². The van der Waals surface area contributed by atoms with Crippen LogP contribution >= 0.6 is 11.6 Å². The maximum Gasteiger partial charge on any atom is 0.196 e. The molecule has 2 aromatic rings. The Balaban J connectivity index is 2.58. The van der Waals surface area contributed by atoms with E-state index in [0.29, 0.717) is 5.02 Å². The van der Waals surface area contributed by atoms with E-state index < -0.39 is 11.6 Å². The lowest BCUT2D eigenvalue weighted by molar-refractivity contribution is 0.103. The first kappa shape index (κ1) is 13.1. The van der Waals surface area contributed by atoms with E-state index >= 15 is 0 Å². The Hall–Kier alpha value is -2.36. The lowest BCUT2D eigenvalue weighted by Gasteiger charge is -2.06. The molecule has 0 fully saturated rings. The number of halogens is 2. The van der Waals surface area contributed by atoms with Crippen molar-refractivity contribution in [1.82, 2.24) is 0 Å². The average Bonchev–Trinajstić information content (AvgIpc) is 2.41. The molecule has 0 N–H and O–H groups in total. The lowest BCUT2D eigenvalue weighted by atomic mass is 10.0. The van der Waals surface area contributed by atoms with Gasteiger partial charge >= 0.3 is 0 Å². The summed E-state index contributed by atoms with van der Waals surface area (Å²) in [6.07, 6.45) is 0. The topological polar surface area (TPSA) is 65.8 Å². The molecule has 0 amide bonds. The number of hydrogen-bond acceptors (Lipinski definition) is 2. The second-order valence-electron chi connectivity index (χ2n) is 3.66. The number of nitrogens with zero attached hydrogens (tertiary/aromatic N) is 3. The molecule has 6 heteroatoms. The van der Waals surface area contributed by atoms with Gasteiger partial charge < -0.3 is 0 Å². The van der Waals surface area contributed by atoms with Crippen LogP contribution in [0.4, 0.5) is 10.1 Å². The molecule has 0 bridgehead atoms. The van der Waals surface area contributed by atoms with Crippen molar-refractivity contribution in [2.75, 3.05) is 0 Å². The summed E-state index contributed by atoms with van der Waals surface area (Å²) in [6.45, 7) is 0. The molecular formula is C13H7ClFN3O. The predicted octanol–water partition coefficient (Wildman–Crippen LogP) is 4.65. The van der Waals surface area contributed by atoms with Crippen LogP contribution in [0.25, 0.3) is 10.4 Å². The summed E-state index contributed by atoms with van der Waals surface area (Å²) in [5.74, 6) is -1.22. The molecule has 0 saturated heterocycles. The summed E-state index contributed by atoms with van der Waals surface area (Å²) in [6, 6.07) is 9.83. The highest BCUT2D eigenvalue weighted by Crippen LogP contribution is 2.26. The number of hydrogen-bond donors (Lipinski definition) is 0. The number of carbonyl (C=O) groups excluding carboxylic acids is 1. The summed E-state index contributed by atoms with van der Waals surface area (Å²) in [5.41, 5.74) is 8.54. The van der Waals surface area contributed by atoms with Crippen molar-refractivity contribution in [3.8, 4) is 0 Å². The molecule has 2 aromatic carbocycles. The third-order valence-electron chi connectivity index (χ3n) is 2.47. The Morgan fingerprint density at radius 2 is 1.95 bits per heavy atom. The minimum absolute atomic E-state index is 0.0652. The van der Waals surface area contributed by atoms with Gasteiger partial charge in [0.25, 0.3) is 0 Å². The molecule has 0 atom stereocenters. The van der Waals surface area contributed by atoms with Crippen LogP contribution in [0, 0.1) is 5.82 Å². The molecule has 0 radical (unpaired) electrons. The summed E-state index contributed by atoms with van der Waals surface area (Å²) in [4.78, 5) is 14.9. The lowest BCUT2D eigenvalue weighted by Crippen LogP contribution is -2.04. The van der Waals surface area contributed by atoms with Gasteiger partial charge in [0.2, 0.25) is 0 Å². The molecule has 0 aromatic heterocycles. The molecule has 0 saturated carbocycles. The van der Waals surface area contributed by atoms with Gasteiger partial charge in [-0.25, -0.2) is 4.39 Å². The van der Waals surface area contributed by atoms with Gasteiger partial charge in [-0.2, -0.15) is 0 Å². The van der Waals surface area contributed by atoms with Crippen LogP contribution in [-0.2, 0) is 0 Å². The Morgan fingerprint density at radius 1 is 1.21 bits per heavy atom. The van der Waals surface area contributed by atoms with Crippen LogP contribution in [0.5, 0.6) is 0 Å². The van der Waals surface area contributed by atoms with Gasteiger partial charge in [-0.3, -0.25) is 4.79 Å². The van der Waals surface area contributed by atoms with Gasteiger partial charge in [-0.1, -0.05) is 34.9 Å². The van der Waals surface area contributed by atoms with Crippen LogP contribution in [0.1, 0.15) is 15.9 Å². The van der Waals surface area contributed by atoms with Crippen LogP contribution in [0.3, 0.4) is 0 Å². The fourth-order valence-corrected chi connectivity index (χ4v) is 1.79. The predicted molar refractivity (Wildman–Crippen MR) is 70.1 cm³/mol. The number of ketones is 1. The van der Waals surface area contributed by atoms with E-state index in [1.165, 1.54) is 36.4 Å². The molecule has 94 valence electrons. The van der Waals surface area contributed by atoms with Crippen molar-refractivity contribution in [2.45, 2.75) is 0 Å². The molecule has 0 aliphatic rings. The van der Waals surface area contributed by atoms with Crippen molar-refractivity contribution >= 4 is 23.1 Å². The normalized spacial score (nSPS) is 9.79. The van der Waals surface area contributed by atoms with Gasteiger partial charge in [-0.15, -0.1) is 0 Å². The first-order valence-electron chi connectivity index (χ1n) is 5.27. The Labute approximate surface area is 113 Å². The highest BCUT2D eigenvalue weighted by molar-refractivity contribution is 6.31. The SMILES string of the molecule is [N-]=[N+]=Nc1ccc(Cl)cc1C(=O)c1ccccc1F. The van der Waals surface area contributed by atoms with Gasteiger partial charge in [0, 0.05) is 21.2 Å². The van der Waals surface area contributed by atoms with Crippen LogP contribution in [-0.4, -0.2) is 5.78 Å². The third kappa shape index (κ3) is 2.73. The number of azide groups is 1. The largest absolute Gasteiger partial charge is 0.288 e. The minimum atomic E-state index is -0.639. The van der Waals surface area contributed by atoms with Crippen LogP contribution in [0.2, 0.25) is 5.02 Å². The number of rotatable bonds is 3. The monoisotopic (exact) mass is 275 g/mol. The Morgan fingerprint density at radius 3 is 2.63 bits per heavy atom. The first-order valence-corrected chi connectivity index (χ1v) is 5.65. The summed E-state index contributed by atoms with van der Waals surface area (Å²) in [5, 5.41) is 3.70. The summed E-state index contributed by atoms with van der Waals surface area (Å²) in [7, 11) is 0. The first-order chi connectivity index (χ1) is 9.13. The van der Waals surface area contributed by atoms with Crippen LogP contribution < -0.4 is 0 Å². The molecule has 0 aliphatic carbocycles. The van der Waals surface area contributed by atoms with Crippen molar-refractivity contribution < 1.29 is 9.18 Å². The Bertz CT molecular complexity index is 696. The number of carbonyl (C=O) groups is 1. The fraction of sp³-hybridized carbons (Fsp3) is 0. The quantitative estimate of drug-likeness (QED) is 0.348. The molecule has 0 spiro atoms. The molecule has 0 heterocycles. The molecule has 2 rings (SSSR count). The van der Waals surface area contributed by atoms with Gasteiger partial charge in [0.15, 0.2) is 5.78 Å². The zero-order chi connectivity index (χ0) is 13.8. The van der Waals surface area contributed by atoms with Crippen molar-refractivity contribution in [3.05, 3.63) is 74.9 Å². The van der Waals surface area contributed by atoms with E-state index in [1.807, 2.05) is 0 Å². The van der Waals surface area contributed by atoms with E-state index in [1.54, 1.807) is 6.07 Å². The van der Waals surface area contributed by atoms with Crippen molar-refractivity contribution in [1.29, 1.82) is 0 Å². The van der Waals surface area contributed by atoms with Gasteiger partial charge in [-0.05, 0) is 29.8 Å². The van der Waals surface area contributed by atoms with Crippen molar-refractivity contribution in [2.24, 2.45) is 5.11 Å². The van der Waals surface area contributed by atoms with E-state index in [2.05, 4.69) is 10.0 Å². The molecular weight excluding hydrogens is 269 g/mol. The van der Waals surface area contributed by atoms with E-state index in [4.69, 9.17) is 17.1 Å². The second kappa shape index (κ2) is 5.52. The fourth-order valence-electron chi connectivity index (χ4n) is 1.62. The second-order valence-corrected chi connectivity index (χ2v) is 4.10. The maximum atomic E-state index is 13.6. The van der Waals surface area contributed by atoms with E-state index in [0.717, 1.165) is 0 Å². The molecule has 0 unspecified atom stereocenters. The van der Waals surface area contributed by atoms with Crippen LogP contribution in [0.15, 0.2) is 47.6 Å². The van der Waals surface area contributed by atoms with Gasteiger partial charge in [0.05, 0.1) is 5.56 Å². The third-order valence-corrected chi connectivity index (χ3v) is 2.71. The van der Waals surface area contributed by atoms with E-state index in [-0.39, 0.29) is 16.8 Å². The minimum Gasteiger partial charge on any atom is -0.288 e. The average molecular weight is 276 g/mol. The van der Waals surface area contributed by atoms with Gasteiger partial charge in [0.1, 0.15) is 5.82 Å².